The van der Waals surface area contributed by atoms with Gasteiger partial charge in [0.2, 0.25) is 0 Å². The van der Waals surface area contributed by atoms with Crippen molar-refractivity contribution in [2.24, 2.45) is 4.99 Å². The number of phenolic OH excluding ortho intramolecular Hbond substituents is 1. The third-order valence-corrected chi connectivity index (χ3v) is 3.10. The lowest BCUT2D eigenvalue weighted by atomic mass is 10.1. The highest BCUT2D eigenvalue weighted by atomic mass is 35.5. The number of aryl methyl sites for hydroxylation is 1. The molecule has 2 nitrogen and oxygen atoms in total. The molecule has 110 valence electrons. The summed E-state index contributed by atoms with van der Waals surface area (Å²) < 4.78 is 37.6. The maximum atomic E-state index is 12.5. The number of phenols is 1. The Kier molecular flexibility index (Phi) is 4.23. The highest BCUT2D eigenvalue weighted by Crippen LogP contribution is 2.34. The van der Waals surface area contributed by atoms with Crippen LogP contribution in [0.5, 0.6) is 5.75 Å². The Bertz CT molecular complexity index is 696. The molecule has 2 aromatic carbocycles. The predicted molar refractivity (Wildman–Crippen MR) is 76.6 cm³/mol. The summed E-state index contributed by atoms with van der Waals surface area (Å²) in [5.41, 5.74) is 0.758. The minimum atomic E-state index is -4.44. The molecule has 0 spiro atoms. The van der Waals surface area contributed by atoms with Crippen molar-refractivity contribution < 1.29 is 18.3 Å². The van der Waals surface area contributed by atoms with Crippen LogP contribution in [0.2, 0.25) is 5.02 Å². The summed E-state index contributed by atoms with van der Waals surface area (Å²) in [6.45, 7) is 1.85. The maximum absolute atomic E-state index is 12.5. The Morgan fingerprint density at radius 3 is 2.48 bits per heavy atom. The van der Waals surface area contributed by atoms with E-state index >= 15 is 0 Å². The largest absolute Gasteiger partial charge is 0.507 e. The lowest BCUT2D eigenvalue weighted by Gasteiger charge is -2.07. The number of hydrogen-bond donors (Lipinski definition) is 1. The van der Waals surface area contributed by atoms with Crippen LogP contribution >= 0.6 is 11.6 Å². The quantitative estimate of drug-likeness (QED) is 0.766. The first-order valence-corrected chi connectivity index (χ1v) is 6.35. The standard InChI is InChI=1S/C15H11ClF3NO/c1-9-2-5-14(21)10(6-9)8-20-13-4-3-11(7-12(13)16)15(17,18)19/h2-8,21H,1H3. The molecule has 0 aliphatic heterocycles. The van der Waals surface area contributed by atoms with Gasteiger partial charge in [0.1, 0.15) is 5.75 Å². The Hall–Kier alpha value is -2.01. The van der Waals surface area contributed by atoms with Gasteiger partial charge in [-0.15, -0.1) is 0 Å². The van der Waals surface area contributed by atoms with E-state index in [0.717, 1.165) is 17.7 Å². The molecule has 0 aliphatic carbocycles. The molecular weight excluding hydrogens is 303 g/mol. The molecule has 0 heterocycles. The van der Waals surface area contributed by atoms with E-state index in [4.69, 9.17) is 11.6 Å². The zero-order valence-corrected chi connectivity index (χ0v) is 11.7. The minimum absolute atomic E-state index is 0.0346. The van der Waals surface area contributed by atoms with Crippen molar-refractivity contribution in [2.75, 3.05) is 0 Å². The van der Waals surface area contributed by atoms with Gasteiger partial charge in [-0.3, -0.25) is 4.99 Å². The van der Waals surface area contributed by atoms with Crippen molar-refractivity contribution >= 4 is 23.5 Å². The van der Waals surface area contributed by atoms with Gasteiger partial charge in [0.05, 0.1) is 16.3 Å². The van der Waals surface area contributed by atoms with E-state index in [1.165, 1.54) is 18.3 Å². The van der Waals surface area contributed by atoms with Crippen molar-refractivity contribution in [1.29, 1.82) is 0 Å². The molecule has 0 fully saturated rings. The monoisotopic (exact) mass is 313 g/mol. The highest BCUT2D eigenvalue weighted by molar-refractivity contribution is 6.33. The average Bonchev–Trinajstić information content (AvgIpc) is 2.40. The SMILES string of the molecule is Cc1ccc(O)c(C=Nc2ccc(C(F)(F)F)cc2Cl)c1. The van der Waals surface area contributed by atoms with Crippen molar-refractivity contribution in [3.05, 3.63) is 58.1 Å². The second-order valence-corrected chi connectivity index (χ2v) is 4.89. The van der Waals surface area contributed by atoms with Gasteiger partial charge in [0.15, 0.2) is 0 Å². The predicted octanol–water partition coefficient (Wildman–Crippen LogP) is 5.12. The third kappa shape index (κ3) is 3.76. The molecule has 1 N–H and O–H groups in total. The molecule has 6 heteroatoms. The van der Waals surface area contributed by atoms with Gasteiger partial charge in [-0.1, -0.05) is 23.2 Å². The van der Waals surface area contributed by atoms with Gasteiger partial charge in [-0.2, -0.15) is 13.2 Å². The van der Waals surface area contributed by atoms with Crippen molar-refractivity contribution in [3.8, 4) is 5.75 Å². The molecule has 0 saturated carbocycles. The molecule has 0 unspecified atom stereocenters. The first-order valence-electron chi connectivity index (χ1n) is 5.98. The zero-order chi connectivity index (χ0) is 15.6. The molecule has 0 radical (unpaired) electrons. The van der Waals surface area contributed by atoms with Gasteiger partial charge in [-0.25, -0.2) is 0 Å². The van der Waals surface area contributed by atoms with Crippen molar-refractivity contribution in [3.63, 3.8) is 0 Å². The van der Waals surface area contributed by atoms with Crippen LogP contribution in [-0.2, 0) is 6.18 Å². The van der Waals surface area contributed by atoms with Crippen LogP contribution in [0.4, 0.5) is 18.9 Å². The fraction of sp³-hybridized carbons (Fsp3) is 0.133. The lowest BCUT2D eigenvalue weighted by molar-refractivity contribution is -0.137. The highest BCUT2D eigenvalue weighted by Gasteiger charge is 2.30. The normalized spacial score (nSPS) is 12.0. The van der Waals surface area contributed by atoms with Crippen LogP contribution < -0.4 is 0 Å². The van der Waals surface area contributed by atoms with E-state index in [1.807, 2.05) is 6.92 Å². The Labute approximate surface area is 124 Å². The second-order valence-electron chi connectivity index (χ2n) is 4.48. The van der Waals surface area contributed by atoms with Gasteiger partial charge >= 0.3 is 6.18 Å². The van der Waals surface area contributed by atoms with E-state index in [1.54, 1.807) is 12.1 Å². The van der Waals surface area contributed by atoms with Crippen LogP contribution in [0.3, 0.4) is 0 Å². The summed E-state index contributed by atoms with van der Waals surface area (Å²) in [5, 5.41) is 9.56. The van der Waals surface area contributed by atoms with Gasteiger partial charge < -0.3 is 5.11 Å². The third-order valence-electron chi connectivity index (χ3n) is 2.80. The van der Waals surface area contributed by atoms with Gasteiger partial charge in [-0.05, 0) is 37.3 Å². The first kappa shape index (κ1) is 15.4. The lowest BCUT2D eigenvalue weighted by Crippen LogP contribution is -2.04. The van der Waals surface area contributed by atoms with Gasteiger partial charge in [0.25, 0.3) is 0 Å². The van der Waals surface area contributed by atoms with E-state index in [2.05, 4.69) is 4.99 Å². The van der Waals surface area contributed by atoms with Crippen LogP contribution in [-0.4, -0.2) is 11.3 Å². The summed E-state index contributed by atoms with van der Waals surface area (Å²) in [7, 11) is 0. The zero-order valence-electron chi connectivity index (χ0n) is 10.9. The topological polar surface area (TPSA) is 32.6 Å². The average molecular weight is 314 g/mol. The molecule has 0 saturated heterocycles. The number of hydrogen-bond acceptors (Lipinski definition) is 2. The molecule has 2 aromatic rings. The minimum Gasteiger partial charge on any atom is -0.507 e. The Balaban J connectivity index is 2.32. The number of aromatic hydroxyl groups is 1. The number of alkyl halides is 3. The molecule has 2 rings (SSSR count). The number of benzene rings is 2. The molecule has 0 aromatic heterocycles. The number of rotatable bonds is 2. The number of aliphatic imine (C=N–C) groups is 1. The fourth-order valence-corrected chi connectivity index (χ4v) is 1.93. The molecule has 0 amide bonds. The van der Waals surface area contributed by atoms with Crippen LogP contribution in [0.25, 0.3) is 0 Å². The summed E-state index contributed by atoms with van der Waals surface area (Å²) in [4.78, 5) is 4.02. The fourth-order valence-electron chi connectivity index (χ4n) is 1.70. The summed E-state index contributed by atoms with van der Waals surface area (Å²) in [5.74, 6) is 0.0346. The molecule has 0 atom stereocenters. The number of halogens is 4. The van der Waals surface area contributed by atoms with Crippen molar-refractivity contribution in [2.45, 2.75) is 13.1 Å². The molecule has 21 heavy (non-hydrogen) atoms. The Morgan fingerprint density at radius 1 is 1.14 bits per heavy atom. The van der Waals surface area contributed by atoms with Crippen molar-refractivity contribution in [1.82, 2.24) is 0 Å². The molecule has 0 bridgehead atoms. The summed E-state index contributed by atoms with van der Waals surface area (Å²) in [6.07, 6.45) is -3.09. The maximum Gasteiger partial charge on any atom is 0.416 e. The van der Waals surface area contributed by atoms with Crippen LogP contribution in [0.1, 0.15) is 16.7 Å². The molecular formula is C15H11ClF3NO. The smallest absolute Gasteiger partial charge is 0.416 e. The second kappa shape index (κ2) is 5.77. The summed E-state index contributed by atoms with van der Waals surface area (Å²) in [6, 6.07) is 7.88. The summed E-state index contributed by atoms with van der Waals surface area (Å²) >= 11 is 5.80. The van der Waals surface area contributed by atoms with E-state index in [0.29, 0.717) is 5.56 Å². The van der Waals surface area contributed by atoms with Crippen LogP contribution in [0, 0.1) is 6.92 Å². The number of nitrogens with zero attached hydrogens (tertiary/aromatic N) is 1. The van der Waals surface area contributed by atoms with E-state index < -0.39 is 11.7 Å². The Morgan fingerprint density at radius 2 is 1.86 bits per heavy atom. The first-order chi connectivity index (χ1) is 9.77. The molecule has 0 aliphatic rings. The van der Waals surface area contributed by atoms with E-state index in [-0.39, 0.29) is 16.5 Å². The van der Waals surface area contributed by atoms with Crippen LogP contribution in [0.15, 0.2) is 41.4 Å². The van der Waals surface area contributed by atoms with Gasteiger partial charge in [0, 0.05) is 11.8 Å². The van der Waals surface area contributed by atoms with E-state index in [9.17, 15) is 18.3 Å².